The highest BCUT2D eigenvalue weighted by atomic mass is 28.2. The van der Waals surface area contributed by atoms with E-state index in [1.165, 1.54) is 16.3 Å². The molecule has 2 aromatic rings. The fourth-order valence-corrected chi connectivity index (χ4v) is 2.68. The second-order valence-electron chi connectivity index (χ2n) is 3.66. The van der Waals surface area contributed by atoms with Gasteiger partial charge in [0, 0.05) is 0 Å². The van der Waals surface area contributed by atoms with Crippen LogP contribution in [0.1, 0.15) is 18.0 Å². The molecule has 0 N–H and O–H groups in total. The van der Waals surface area contributed by atoms with E-state index in [4.69, 9.17) is 0 Å². The first kappa shape index (κ1) is 10.2. The van der Waals surface area contributed by atoms with Crippen LogP contribution < -0.4 is 0 Å². The van der Waals surface area contributed by atoms with E-state index < -0.39 is 0 Å². The van der Waals surface area contributed by atoms with Crippen molar-refractivity contribution in [1.82, 2.24) is 0 Å². The van der Waals surface area contributed by atoms with E-state index in [-0.39, 0.29) is 0 Å². The first-order valence-electron chi connectivity index (χ1n) is 5.17. The third-order valence-corrected chi connectivity index (χ3v) is 3.70. The highest BCUT2D eigenvalue weighted by Gasteiger charge is 2.07. The lowest BCUT2D eigenvalue weighted by atomic mass is 10.0. The third kappa shape index (κ3) is 2.02. The maximum atomic E-state index is 3.82. The van der Waals surface area contributed by atoms with Crippen LogP contribution in [0.2, 0.25) is 0 Å². The Morgan fingerprint density at radius 2 is 1.87 bits per heavy atom. The minimum absolute atomic E-state index is 0.577. The second kappa shape index (κ2) is 4.45. The summed E-state index contributed by atoms with van der Waals surface area (Å²) in [6, 6.07) is 15.1. The Kier molecular flexibility index (Phi) is 3.02. The van der Waals surface area contributed by atoms with Gasteiger partial charge in [0.2, 0.25) is 0 Å². The Balaban J connectivity index is 2.55. The van der Waals surface area contributed by atoms with Gasteiger partial charge in [-0.3, -0.25) is 0 Å². The fraction of sp³-hybridized carbons (Fsp3) is 0.143. The summed E-state index contributed by atoms with van der Waals surface area (Å²) in [5.74, 6) is 0. The van der Waals surface area contributed by atoms with E-state index in [2.05, 4.69) is 56.0 Å². The summed E-state index contributed by atoms with van der Waals surface area (Å²) in [5.41, 5.74) is 4.03. The average molecular weight is 210 g/mol. The van der Waals surface area contributed by atoms with E-state index in [0.29, 0.717) is 5.54 Å². The molecular formula is C14H14Si. The van der Waals surface area contributed by atoms with E-state index in [9.17, 15) is 0 Å². The van der Waals surface area contributed by atoms with Crippen molar-refractivity contribution in [1.29, 1.82) is 0 Å². The molecule has 0 aliphatic heterocycles. The van der Waals surface area contributed by atoms with Crippen molar-refractivity contribution in [2.24, 2.45) is 0 Å². The summed E-state index contributed by atoms with van der Waals surface area (Å²) in [6.45, 7) is 6.08. The van der Waals surface area contributed by atoms with Gasteiger partial charge in [0.1, 0.15) is 0 Å². The van der Waals surface area contributed by atoms with Crippen LogP contribution >= 0.6 is 0 Å². The Morgan fingerprint density at radius 3 is 2.67 bits per heavy atom. The van der Waals surface area contributed by atoms with Crippen LogP contribution in [0.5, 0.6) is 0 Å². The number of fused-ring (bicyclic) bond motifs is 1. The molecule has 0 spiro atoms. The van der Waals surface area contributed by atoms with Crippen molar-refractivity contribution in [2.75, 3.05) is 0 Å². The topological polar surface area (TPSA) is 0 Å². The predicted molar refractivity (Wildman–Crippen MR) is 68.3 cm³/mol. The zero-order chi connectivity index (χ0) is 10.7. The molecule has 0 fully saturated rings. The molecule has 0 saturated heterocycles. The van der Waals surface area contributed by atoms with Crippen molar-refractivity contribution in [2.45, 2.75) is 12.5 Å². The maximum Gasteiger partial charge on any atom is 0.0775 e. The molecule has 0 saturated carbocycles. The van der Waals surface area contributed by atoms with Crippen LogP contribution in [0.25, 0.3) is 10.8 Å². The van der Waals surface area contributed by atoms with Crippen molar-refractivity contribution in [3.63, 3.8) is 0 Å². The molecule has 2 radical (unpaired) electrons. The Hall–Kier alpha value is -1.34. The molecule has 0 aliphatic carbocycles. The van der Waals surface area contributed by atoms with Crippen LogP contribution in [0, 0.1) is 0 Å². The van der Waals surface area contributed by atoms with Crippen molar-refractivity contribution in [3.8, 4) is 0 Å². The summed E-state index contributed by atoms with van der Waals surface area (Å²) in [7, 11) is 0.793. The largest absolute Gasteiger partial charge is 0.107 e. The number of rotatable bonds is 3. The second-order valence-corrected chi connectivity index (χ2v) is 5.27. The monoisotopic (exact) mass is 210 g/mol. The smallest absolute Gasteiger partial charge is 0.0775 e. The molecule has 0 aliphatic rings. The number of hydrogen-bond donors (Lipinski definition) is 0. The van der Waals surface area contributed by atoms with Crippen molar-refractivity contribution >= 4 is 20.3 Å². The summed E-state index contributed by atoms with van der Waals surface area (Å²) in [6.07, 6.45) is 0. The molecule has 1 heteroatoms. The van der Waals surface area contributed by atoms with Gasteiger partial charge >= 0.3 is 0 Å². The highest BCUT2D eigenvalue weighted by molar-refractivity contribution is 6.44. The molecular weight excluding hydrogens is 196 g/mol. The lowest BCUT2D eigenvalue weighted by Gasteiger charge is -2.11. The summed E-state index contributed by atoms with van der Waals surface area (Å²) in [4.78, 5) is 0. The molecule has 2 aromatic carbocycles. The fourth-order valence-electron chi connectivity index (χ4n) is 1.89. The van der Waals surface area contributed by atoms with Gasteiger partial charge in [0.25, 0.3) is 0 Å². The molecule has 0 aromatic heterocycles. The molecule has 0 heterocycles. The van der Waals surface area contributed by atoms with Gasteiger partial charge in [-0.2, -0.15) is 0 Å². The third-order valence-electron chi connectivity index (χ3n) is 2.66. The quantitative estimate of drug-likeness (QED) is 0.677. The highest BCUT2D eigenvalue weighted by Crippen LogP contribution is 2.24. The lowest BCUT2D eigenvalue weighted by molar-refractivity contribution is 1.09. The lowest BCUT2D eigenvalue weighted by Crippen LogP contribution is -2.01. The number of hydrogen-bond acceptors (Lipinski definition) is 0. The molecule has 15 heavy (non-hydrogen) atoms. The summed E-state index contributed by atoms with van der Waals surface area (Å²) >= 11 is 0. The van der Waals surface area contributed by atoms with Crippen LogP contribution in [-0.2, 0) is 0 Å². The molecule has 1 unspecified atom stereocenters. The average Bonchev–Trinajstić information content (AvgIpc) is 2.28. The number of benzene rings is 2. The van der Waals surface area contributed by atoms with Gasteiger partial charge in [-0.25, -0.2) is 0 Å². The molecule has 0 nitrogen and oxygen atoms in total. The first-order valence-corrected chi connectivity index (χ1v) is 6.33. The van der Waals surface area contributed by atoms with Crippen molar-refractivity contribution in [3.05, 3.63) is 60.3 Å². The van der Waals surface area contributed by atoms with Crippen LogP contribution in [-0.4, -0.2) is 9.52 Å². The standard InChI is InChI=1S/C14H14Si/c1-3-15-11(2)13-10-6-8-12-7-4-5-9-14(12)13/h3-11H,1H2,2H3. The van der Waals surface area contributed by atoms with Crippen molar-refractivity contribution < 1.29 is 0 Å². The van der Waals surface area contributed by atoms with E-state index >= 15 is 0 Å². The van der Waals surface area contributed by atoms with E-state index in [1.54, 1.807) is 0 Å². The molecule has 0 amide bonds. The molecule has 2 rings (SSSR count). The SMILES string of the molecule is C=C[Si]C(C)c1cccc2ccccc12. The zero-order valence-electron chi connectivity index (χ0n) is 8.90. The minimum Gasteiger partial charge on any atom is -0.107 e. The van der Waals surface area contributed by atoms with Gasteiger partial charge < -0.3 is 0 Å². The van der Waals surface area contributed by atoms with Gasteiger partial charge in [0.15, 0.2) is 0 Å². The van der Waals surface area contributed by atoms with Gasteiger partial charge in [-0.15, -0.1) is 12.3 Å². The van der Waals surface area contributed by atoms with Crippen LogP contribution in [0.4, 0.5) is 0 Å². The van der Waals surface area contributed by atoms with E-state index in [0.717, 1.165) is 9.52 Å². The Morgan fingerprint density at radius 1 is 1.13 bits per heavy atom. The van der Waals surface area contributed by atoms with Gasteiger partial charge in [-0.1, -0.05) is 49.4 Å². The predicted octanol–water partition coefficient (Wildman–Crippen LogP) is 3.75. The molecule has 74 valence electrons. The minimum atomic E-state index is 0.577. The maximum absolute atomic E-state index is 3.82. The van der Waals surface area contributed by atoms with Crippen LogP contribution in [0.15, 0.2) is 54.7 Å². The van der Waals surface area contributed by atoms with Gasteiger partial charge in [-0.05, 0) is 21.9 Å². The van der Waals surface area contributed by atoms with E-state index in [1.807, 2.05) is 5.70 Å². The molecule has 0 bridgehead atoms. The summed E-state index contributed by atoms with van der Waals surface area (Å²) < 4.78 is 0. The summed E-state index contributed by atoms with van der Waals surface area (Å²) in [5, 5.41) is 2.71. The Bertz CT molecular complexity index is 468. The van der Waals surface area contributed by atoms with Crippen LogP contribution in [0.3, 0.4) is 0 Å². The van der Waals surface area contributed by atoms with Gasteiger partial charge in [0.05, 0.1) is 9.52 Å². The molecule has 1 atom stereocenters. The normalized spacial score (nSPS) is 12.6. The zero-order valence-corrected chi connectivity index (χ0v) is 9.90. The first-order chi connectivity index (χ1) is 7.33. The Labute approximate surface area is 93.5 Å².